The molecule has 1 aromatic carbocycles. The van der Waals surface area contributed by atoms with Gasteiger partial charge in [-0.2, -0.15) is 4.31 Å². The number of ether oxygens (including phenoxy) is 1. The summed E-state index contributed by atoms with van der Waals surface area (Å²) < 4.78 is 32.0. The van der Waals surface area contributed by atoms with Gasteiger partial charge in [-0.3, -0.25) is 4.79 Å². The minimum atomic E-state index is -3.83. The van der Waals surface area contributed by atoms with E-state index in [-0.39, 0.29) is 45.8 Å². The lowest BCUT2D eigenvalue weighted by molar-refractivity contribution is -0.126. The molecular formula is C21H32ClN3O5S. The van der Waals surface area contributed by atoms with E-state index in [1.807, 2.05) is 14.1 Å². The van der Waals surface area contributed by atoms with Gasteiger partial charge in [0.25, 0.3) is 0 Å². The molecule has 0 bridgehead atoms. The van der Waals surface area contributed by atoms with Crippen LogP contribution in [0.2, 0.25) is 5.02 Å². The lowest BCUT2D eigenvalue weighted by Gasteiger charge is -2.32. The number of rotatable bonds is 8. The van der Waals surface area contributed by atoms with Crippen molar-refractivity contribution in [1.82, 2.24) is 14.5 Å². The number of benzene rings is 1. The van der Waals surface area contributed by atoms with Crippen LogP contribution >= 0.6 is 11.6 Å². The molecule has 0 unspecified atom stereocenters. The lowest BCUT2D eigenvalue weighted by Crippen LogP contribution is -2.46. The Bertz CT molecular complexity index is 910. The van der Waals surface area contributed by atoms with Crippen LogP contribution < -0.4 is 5.32 Å². The largest absolute Gasteiger partial charge is 0.465 e. The number of carbonyl (C=O) groups excluding carboxylic acids is 2. The first-order valence-corrected chi connectivity index (χ1v) is 12.0. The minimum absolute atomic E-state index is 0.0362. The maximum atomic E-state index is 13.0. The summed E-state index contributed by atoms with van der Waals surface area (Å²) in [6, 6.07) is 3.98. The van der Waals surface area contributed by atoms with E-state index in [0.29, 0.717) is 19.4 Å². The predicted octanol–water partition coefficient (Wildman–Crippen LogP) is 2.23. The Balaban J connectivity index is 1.98. The van der Waals surface area contributed by atoms with Crippen molar-refractivity contribution in [2.75, 3.05) is 47.4 Å². The molecule has 10 heteroatoms. The summed E-state index contributed by atoms with van der Waals surface area (Å²) in [4.78, 5) is 26.2. The van der Waals surface area contributed by atoms with E-state index in [4.69, 9.17) is 11.6 Å². The Kier molecular flexibility index (Phi) is 8.49. The van der Waals surface area contributed by atoms with Gasteiger partial charge in [-0.1, -0.05) is 25.4 Å². The minimum Gasteiger partial charge on any atom is -0.465 e. The van der Waals surface area contributed by atoms with Crippen LogP contribution in [0.4, 0.5) is 0 Å². The van der Waals surface area contributed by atoms with Crippen molar-refractivity contribution in [2.45, 2.75) is 31.6 Å². The van der Waals surface area contributed by atoms with E-state index in [2.05, 4.69) is 28.8 Å². The average Bonchev–Trinajstić information content (AvgIpc) is 2.70. The number of hydrogen-bond acceptors (Lipinski definition) is 6. The number of nitrogens with zero attached hydrogens (tertiary/aromatic N) is 2. The van der Waals surface area contributed by atoms with Crippen LogP contribution in [0.15, 0.2) is 23.1 Å². The van der Waals surface area contributed by atoms with E-state index in [0.717, 1.165) is 6.54 Å². The highest BCUT2D eigenvalue weighted by molar-refractivity contribution is 7.89. The van der Waals surface area contributed by atoms with Crippen LogP contribution in [-0.2, 0) is 19.6 Å². The van der Waals surface area contributed by atoms with Gasteiger partial charge in [-0.15, -0.1) is 0 Å². The molecule has 0 saturated carbocycles. The normalized spacial score (nSPS) is 16.4. The smallest absolute Gasteiger partial charge is 0.337 e. The van der Waals surface area contributed by atoms with Crippen LogP contribution in [0.5, 0.6) is 0 Å². The van der Waals surface area contributed by atoms with Crippen molar-refractivity contribution >= 4 is 33.5 Å². The molecule has 0 aliphatic carbocycles. The summed E-state index contributed by atoms with van der Waals surface area (Å²) in [6.45, 7) is 6.06. The Morgan fingerprint density at radius 1 is 1.26 bits per heavy atom. The summed E-state index contributed by atoms with van der Waals surface area (Å²) in [5.41, 5.74) is 0.120. The summed E-state index contributed by atoms with van der Waals surface area (Å²) in [7, 11) is 1.40. The van der Waals surface area contributed by atoms with Crippen molar-refractivity contribution in [2.24, 2.45) is 11.3 Å². The Labute approximate surface area is 189 Å². The predicted molar refractivity (Wildman–Crippen MR) is 120 cm³/mol. The molecule has 0 aromatic heterocycles. The monoisotopic (exact) mass is 473 g/mol. The zero-order valence-electron chi connectivity index (χ0n) is 18.8. The molecule has 31 heavy (non-hydrogen) atoms. The molecule has 1 aliphatic rings. The van der Waals surface area contributed by atoms with Crippen LogP contribution in [0.1, 0.15) is 37.0 Å². The number of carbonyl (C=O) groups is 2. The zero-order valence-corrected chi connectivity index (χ0v) is 20.3. The average molecular weight is 474 g/mol. The quantitative estimate of drug-likeness (QED) is 0.581. The molecule has 1 amide bonds. The molecule has 0 radical (unpaired) electrons. The van der Waals surface area contributed by atoms with E-state index in [9.17, 15) is 18.0 Å². The summed E-state index contributed by atoms with van der Waals surface area (Å²) in [6.07, 6.45) is 0.883. The number of methoxy groups -OCH3 is 1. The Hall–Kier alpha value is -1.68. The van der Waals surface area contributed by atoms with Gasteiger partial charge >= 0.3 is 5.97 Å². The molecule has 1 aliphatic heterocycles. The number of hydrogen-bond donors (Lipinski definition) is 1. The van der Waals surface area contributed by atoms with Gasteiger partial charge in [0, 0.05) is 32.1 Å². The number of amides is 1. The number of nitrogens with one attached hydrogen (secondary N) is 1. The highest BCUT2D eigenvalue weighted by Gasteiger charge is 2.34. The van der Waals surface area contributed by atoms with Gasteiger partial charge in [-0.25, -0.2) is 13.2 Å². The molecule has 1 fully saturated rings. The fourth-order valence-electron chi connectivity index (χ4n) is 3.83. The van der Waals surface area contributed by atoms with Gasteiger partial charge in [0.2, 0.25) is 15.9 Å². The first-order valence-electron chi connectivity index (χ1n) is 10.2. The second kappa shape index (κ2) is 10.3. The molecule has 1 N–H and O–H groups in total. The standard InChI is InChI=1S/C21H32ClN3O5S/c1-21(2,14-24(3)4)13-23-19(26)15-8-10-25(11-9-15)31(28,29)18-7-6-16(12-17(18)22)20(27)30-5/h6-7,12,15H,8-11,13-14H2,1-5H3,(H,23,26). The van der Waals surface area contributed by atoms with E-state index in [1.54, 1.807) is 0 Å². The first-order chi connectivity index (χ1) is 14.4. The van der Waals surface area contributed by atoms with Crippen LogP contribution in [-0.4, -0.2) is 76.9 Å². The van der Waals surface area contributed by atoms with Crippen molar-refractivity contribution in [3.63, 3.8) is 0 Å². The third-order valence-corrected chi connectivity index (χ3v) is 7.66. The highest BCUT2D eigenvalue weighted by atomic mass is 35.5. The number of sulfonamides is 1. The molecule has 8 nitrogen and oxygen atoms in total. The van der Waals surface area contributed by atoms with Gasteiger partial charge in [0.15, 0.2) is 0 Å². The maximum Gasteiger partial charge on any atom is 0.337 e. The molecule has 0 spiro atoms. The first kappa shape index (κ1) is 25.6. The number of halogens is 1. The lowest BCUT2D eigenvalue weighted by atomic mass is 9.91. The van der Waals surface area contributed by atoms with Crippen molar-refractivity contribution < 1.29 is 22.7 Å². The van der Waals surface area contributed by atoms with Gasteiger partial charge in [0.1, 0.15) is 4.90 Å². The number of piperidine rings is 1. The number of esters is 1. The fraction of sp³-hybridized carbons (Fsp3) is 0.619. The fourth-order valence-corrected chi connectivity index (χ4v) is 5.82. The third kappa shape index (κ3) is 6.65. The van der Waals surface area contributed by atoms with Crippen molar-refractivity contribution in [3.05, 3.63) is 28.8 Å². The van der Waals surface area contributed by atoms with Crippen LogP contribution in [0.25, 0.3) is 0 Å². The maximum absolute atomic E-state index is 13.0. The molecule has 1 aromatic rings. The van der Waals surface area contributed by atoms with E-state index in [1.165, 1.54) is 29.6 Å². The topological polar surface area (TPSA) is 96.0 Å². The Morgan fingerprint density at radius 3 is 2.39 bits per heavy atom. The molecule has 174 valence electrons. The van der Waals surface area contributed by atoms with E-state index < -0.39 is 16.0 Å². The summed E-state index contributed by atoms with van der Waals surface area (Å²) in [5.74, 6) is -0.852. The molecule has 1 saturated heterocycles. The molecule has 0 atom stereocenters. The van der Waals surface area contributed by atoms with E-state index >= 15 is 0 Å². The molecular weight excluding hydrogens is 442 g/mol. The SMILES string of the molecule is COC(=O)c1ccc(S(=O)(=O)N2CCC(C(=O)NCC(C)(C)CN(C)C)CC2)c(Cl)c1. The van der Waals surface area contributed by atoms with Crippen LogP contribution in [0, 0.1) is 11.3 Å². The second-order valence-electron chi connectivity index (χ2n) is 8.93. The van der Waals surface area contributed by atoms with Gasteiger partial charge in [-0.05, 0) is 50.6 Å². The van der Waals surface area contributed by atoms with Crippen LogP contribution in [0.3, 0.4) is 0 Å². The Morgan fingerprint density at radius 2 is 1.87 bits per heavy atom. The van der Waals surface area contributed by atoms with Crippen molar-refractivity contribution in [3.8, 4) is 0 Å². The van der Waals surface area contributed by atoms with Crippen molar-refractivity contribution in [1.29, 1.82) is 0 Å². The zero-order chi connectivity index (χ0) is 23.4. The molecule has 1 heterocycles. The summed E-state index contributed by atoms with van der Waals surface area (Å²) >= 11 is 6.15. The third-order valence-electron chi connectivity index (χ3n) is 5.28. The van der Waals surface area contributed by atoms with Gasteiger partial charge in [0.05, 0.1) is 17.7 Å². The van der Waals surface area contributed by atoms with Gasteiger partial charge < -0.3 is 15.0 Å². The highest BCUT2D eigenvalue weighted by Crippen LogP contribution is 2.29. The summed E-state index contributed by atoms with van der Waals surface area (Å²) in [5, 5.41) is 2.98. The molecule has 2 rings (SSSR count). The second-order valence-corrected chi connectivity index (χ2v) is 11.2.